The van der Waals surface area contributed by atoms with Gasteiger partial charge < -0.3 is 10.0 Å². The highest BCUT2D eigenvalue weighted by molar-refractivity contribution is 5.81. The molecular weight excluding hydrogens is 262 g/mol. The molecule has 2 aliphatic rings. The largest absolute Gasteiger partial charge is 0.481 e. The zero-order valence-electron chi connectivity index (χ0n) is 12.8. The minimum absolute atomic E-state index is 0.659. The summed E-state index contributed by atoms with van der Waals surface area (Å²) in [4.78, 5) is 14.5. The first-order chi connectivity index (χ1) is 10.2. The molecule has 3 nitrogen and oxygen atoms in total. The first kappa shape index (κ1) is 14.6. The number of nitrogens with zero attached hydrogens (tertiary/aromatic N) is 1. The average Bonchev–Trinajstić information content (AvgIpc) is 3.34. The van der Waals surface area contributed by atoms with E-state index in [1.165, 1.54) is 19.3 Å². The summed E-state index contributed by atoms with van der Waals surface area (Å²) in [5, 5.41) is 9.83. The lowest BCUT2D eigenvalue weighted by molar-refractivity contribution is -0.146. The Labute approximate surface area is 127 Å². The minimum Gasteiger partial charge on any atom is -0.481 e. The molecule has 3 heteroatoms. The molecule has 1 heterocycles. The maximum absolute atomic E-state index is 12.0. The standard InChI is InChI=1S/C18H25NO2/c1-2-16(14-8-9-14)19-12-10-18(11-13-19,17(20)21)15-6-4-3-5-7-15/h3-7,14,16H,2,8-13H2,1H3,(H,20,21). The van der Waals surface area contributed by atoms with Gasteiger partial charge in [0.25, 0.3) is 0 Å². The van der Waals surface area contributed by atoms with Crippen LogP contribution in [0.15, 0.2) is 30.3 Å². The van der Waals surface area contributed by atoms with Gasteiger partial charge in [-0.2, -0.15) is 0 Å². The van der Waals surface area contributed by atoms with Gasteiger partial charge in [0.2, 0.25) is 0 Å². The second-order valence-electron chi connectivity index (χ2n) is 6.60. The van der Waals surface area contributed by atoms with Crippen molar-refractivity contribution < 1.29 is 9.90 Å². The van der Waals surface area contributed by atoms with Crippen LogP contribution in [0.4, 0.5) is 0 Å². The van der Waals surface area contributed by atoms with E-state index < -0.39 is 11.4 Å². The number of carbonyl (C=O) groups is 1. The van der Waals surface area contributed by atoms with Crippen LogP contribution in [0.5, 0.6) is 0 Å². The van der Waals surface area contributed by atoms with E-state index in [4.69, 9.17) is 0 Å². The third kappa shape index (κ3) is 2.71. The van der Waals surface area contributed by atoms with E-state index >= 15 is 0 Å². The van der Waals surface area contributed by atoms with Crippen LogP contribution in [0.2, 0.25) is 0 Å². The Kier molecular flexibility index (Phi) is 4.03. The summed E-state index contributed by atoms with van der Waals surface area (Å²) in [6.07, 6.45) is 5.37. The number of likely N-dealkylation sites (tertiary alicyclic amines) is 1. The van der Waals surface area contributed by atoms with Gasteiger partial charge in [-0.05, 0) is 56.7 Å². The molecule has 0 spiro atoms. The number of aliphatic carboxylic acids is 1. The molecule has 1 unspecified atom stereocenters. The maximum atomic E-state index is 12.0. The Bertz CT molecular complexity index is 487. The number of rotatable bonds is 5. The Morgan fingerprint density at radius 3 is 2.38 bits per heavy atom. The summed E-state index contributed by atoms with van der Waals surface area (Å²) in [6, 6.07) is 10.5. The highest BCUT2D eigenvalue weighted by atomic mass is 16.4. The van der Waals surface area contributed by atoms with Crippen molar-refractivity contribution in [1.29, 1.82) is 0 Å². The predicted molar refractivity (Wildman–Crippen MR) is 83.4 cm³/mol. The summed E-state index contributed by atoms with van der Waals surface area (Å²) in [7, 11) is 0. The summed E-state index contributed by atoms with van der Waals surface area (Å²) in [5.41, 5.74) is 0.288. The van der Waals surface area contributed by atoms with Crippen molar-refractivity contribution in [3.05, 3.63) is 35.9 Å². The molecule has 0 amide bonds. The molecule has 1 saturated carbocycles. The molecule has 1 aliphatic heterocycles. The molecule has 114 valence electrons. The van der Waals surface area contributed by atoms with Crippen molar-refractivity contribution in [2.24, 2.45) is 5.92 Å². The van der Waals surface area contributed by atoms with Crippen LogP contribution in [0.1, 0.15) is 44.6 Å². The topological polar surface area (TPSA) is 40.5 Å². The number of carboxylic acids is 1. The van der Waals surface area contributed by atoms with Gasteiger partial charge in [-0.15, -0.1) is 0 Å². The SMILES string of the molecule is CCC(C1CC1)N1CCC(C(=O)O)(c2ccccc2)CC1. The van der Waals surface area contributed by atoms with Gasteiger partial charge in [0.15, 0.2) is 0 Å². The van der Waals surface area contributed by atoms with Crippen molar-refractivity contribution in [3.8, 4) is 0 Å². The van der Waals surface area contributed by atoms with Gasteiger partial charge in [0.1, 0.15) is 0 Å². The molecule has 21 heavy (non-hydrogen) atoms. The summed E-state index contributed by atoms with van der Waals surface area (Å²) >= 11 is 0. The van der Waals surface area contributed by atoms with Crippen LogP contribution in [0.3, 0.4) is 0 Å². The van der Waals surface area contributed by atoms with Crippen LogP contribution in [0, 0.1) is 5.92 Å². The van der Waals surface area contributed by atoms with Gasteiger partial charge in [0.05, 0.1) is 5.41 Å². The Balaban J connectivity index is 1.76. The number of piperidine rings is 1. The molecule has 0 aromatic heterocycles. The van der Waals surface area contributed by atoms with E-state index in [1.54, 1.807) is 0 Å². The van der Waals surface area contributed by atoms with E-state index in [0.717, 1.165) is 37.4 Å². The highest BCUT2D eigenvalue weighted by Crippen LogP contribution is 2.41. The first-order valence-electron chi connectivity index (χ1n) is 8.20. The molecule has 0 radical (unpaired) electrons. The molecule has 1 atom stereocenters. The minimum atomic E-state index is -0.681. The van der Waals surface area contributed by atoms with E-state index in [2.05, 4.69) is 11.8 Å². The van der Waals surface area contributed by atoms with Gasteiger partial charge in [-0.1, -0.05) is 37.3 Å². The van der Waals surface area contributed by atoms with Crippen LogP contribution >= 0.6 is 0 Å². The zero-order chi connectivity index (χ0) is 14.9. The molecule has 3 rings (SSSR count). The molecule has 1 saturated heterocycles. The van der Waals surface area contributed by atoms with E-state index in [0.29, 0.717) is 6.04 Å². The van der Waals surface area contributed by atoms with E-state index in [9.17, 15) is 9.90 Å². The van der Waals surface area contributed by atoms with Crippen molar-refractivity contribution in [3.63, 3.8) is 0 Å². The second kappa shape index (κ2) is 5.80. The monoisotopic (exact) mass is 287 g/mol. The summed E-state index contributed by atoms with van der Waals surface area (Å²) in [6.45, 7) is 4.09. The summed E-state index contributed by atoms with van der Waals surface area (Å²) < 4.78 is 0. The molecule has 1 aromatic rings. The maximum Gasteiger partial charge on any atom is 0.314 e. The van der Waals surface area contributed by atoms with E-state index in [-0.39, 0.29) is 0 Å². The van der Waals surface area contributed by atoms with Gasteiger partial charge in [-0.3, -0.25) is 4.79 Å². The number of benzene rings is 1. The Hall–Kier alpha value is -1.35. The number of hydrogen-bond donors (Lipinski definition) is 1. The fourth-order valence-electron chi connectivity index (χ4n) is 3.99. The number of hydrogen-bond acceptors (Lipinski definition) is 2. The van der Waals surface area contributed by atoms with Crippen molar-refractivity contribution in [1.82, 2.24) is 4.90 Å². The van der Waals surface area contributed by atoms with Crippen molar-refractivity contribution in [2.45, 2.75) is 50.5 Å². The van der Waals surface area contributed by atoms with Crippen LogP contribution in [-0.2, 0) is 10.2 Å². The average molecular weight is 287 g/mol. The third-order valence-electron chi connectivity index (χ3n) is 5.44. The lowest BCUT2D eigenvalue weighted by Crippen LogP contribution is -2.50. The van der Waals surface area contributed by atoms with E-state index in [1.807, 2.05) is 30.3 Å². The molecule has 0 bridgehead atoms. The summed E-state index contributed by atoms with van der Waals surface area (Å²) in [5.74, 6) is 0.205. The van der Waals surface area contributed by atoms with Gasteiger partial charge in [0, 0.05) is 6.04 Å². The van der Waals surface area contributed by atoms with Crippen LogP contribution in [-0.4, -0.2) is 35.1 Å². The lowest BCUT2D eigenvalue weighted by atomic mass is 9.72. The molecule has 2 fully saturated rings. The molecule has 1 aromatic carbocycles. The fraction of sp³-hybridized carbons (Fsp3) is 0.611. The predicted octanol–water partition coefficient (Wildman–Crippen LogP) is 3.29. The Morgan fingerprint density at radius 1 is 1.29 bits per heavy atom. The number of carboxylic acid groups (broad SMARTS) is 1. The molecule has 1 N–H and O–H groups in total. The van der Waals surface area contributed by atoms with Gasteiger partial charge in [-0.25, -0.2) is 0 Å². The smallest absolute Gasteiger partial charge is 0.314 e. The van der Waals surface area contributed by atoms with Crippen LogP contribution < -0.4 is 0 Å². The fourth-order valence-corrected chi connectivity index (χ4v) is 3.99. The third-order valence-corrected chi connectivity index (χ3v) is 5.44. The molecule has 1 aliphatic carbocycles. The normalized spacial score (nSPS) is 23.7. The quantitative estimate of drug-likeness (QED) is 0.903. The van der Waals surface area contributed by atoms with Crippen LogP contribution in [0.25, 0.3) is 0 Å². The molecular formula is C18H25NO2. The zero-order valence-corrected chi connectivity index (χ0v) is 12.8. The van der Waals surface area contributed by atoms with Gasteiger partial charge >= 0.3 is 5.97 Å². The second-order valence-corrected chi connectivity index (χ2v) is 6.60. The first-order valence-corrected chi connectivity index (χ1v) is 8.20. The lowest BCUT2D eigenvalue weighted by Gasteiger charge is -2.42. The Morgan fingerprint density at radius 2 is 1.90 bits per heavy atom. The highest BCUT2D eigenvalue weighted by Gasteiger charge is 2.45. The van der Waals surface area contributed by atoms with Crippen molar-refractivity contribution in [2.75, 3.05) is 13.1 Å². The van der Waals surface area contributed by atoms with Crippen molar-refractivity contribution >= 4 is 5.97 Å².